The molecule has 1 N–H and O–H groups in total. The van der Waals surface area contributed by atoms with E-state index in [2.05, 4.69) is 35.1 Å². The minimum Gasteiger partial charge on any atom is -0.310 e. The zero-order valence-electron chi connectivity index (χ0n) is 12.0. The molecule has 0 radical (unpaired) electrons. The van der Waals surface area contributed by atoms with Crippen LogP contribution < -0.4 is 5.32 Å². The Kier molecular flexibility index (Phi) is 8.31. The molecular weight excluding hydrogens is 305 g/mol. The molecule has 0 aliphatic carbocycles. The summed E-state index contributed by atoms with van der Waals surface area (Å²) in [5.74, 6) is -0.168. The molecule has 1 nitrogen and oxygen atoms in total. The van der Waals surface area contributed by atoms with Crippen molar-refractivity contribution in [2.45, 2.75) is 58.4 Å². The number of rotatable bonds is 9. The van der Waals surface area contributed by atoms with Crippen LogP contribution in [-0.2, 0) is 0 Å². The van der Waals surface area contributed by atoms with Gasteiger partial charge in [-0.15, -0.1) is 0 Å². The molecule has 3 heteroatoms. The standard InChI is InChI=1S/C16H25BrFN/c1-3-5-6-7-8-9-16(19-4-2)13-10-14(17)12-15(18)11-13/h10-12,16,19H,3-9H2,1-2H3. The number of hydrogen-bond acceptors (Lipinski definition) is 1. The molecule has 0 saturated carbocycles. The van der Waals surface area contributed by atoms with Gasteiger partial charge in [-0.3, -0.25) is 0 Å². The third kappa shape index (κ3) is 6.53. The van der Waals surface area contributed by atoms with Crippen molar-refractivity contribution in [3.63, 3.8) is 0 Å². The van der Waals surface area contributed by atoms with Gasteiger partial charge in [0.05, 0.1) is 0 Å². The minimum absolute atomic E-state index is 0.168. The molecule has 1 aromatic rings. The molecule has 0 aliphatic heterocycles. The maximum atomic E-state index is 13.5. The van der Waals surface area contributed by atoms with Crippen LogP contribution >= 0.6 is 15.9 Å². The Bertz CT molecular complexity index is 348. The van der Waals surface area contributed by atoms with Gasteiger partial charge in [0.15, 0.2) is 0 Å². The molecule has 0 spiro atoms. The number of benzene rings is 1. The van der Waals surface area contributed by atoms with Crippen LogP contribution in [0.4, 0.5) is 4.39 Å². The van der Waals surface area contributed by atoms with Crippen LogP contribution in [-0.4, -0.2) is 6.54 Å². The summed E-state index contributed by atoms with van der Waals surface area (Å²) in [7, 11) is 0. The van der Waals surface area contributed by atoms with Crippen LogP contribution in [0.2, 0.25) is 0 Å². The Morgan fingerprint density at radius 2 is 1.84 bits per heavy atom. The van der Waals surface area contributed by atoms with Gasteiger partial charge >= 0.3 is 0 Å². The van der Waals surface area contributed by atoms with E-state index in [4.69, 9.17) is 0 Å². The molecule has 1 aromatic carbocycles. The van der Waals surface area contributed by atoms with E-state index in [-0.39, 0.29) is 11.9 Å². The molecule has 19 heavy (non-hydrogen) atoms. The average Bonchev–Trinajstić information content (AvgIpc) is 2.36. The summed E-state index contributed by atoms with van der Waals surface area (Å²) >= 11 is 3.37. The molecule has 0 saturated heterocycles. The van der Waals surface area contributed by atoms with Crippen molar-refractivity contribution in [1.82, 2.24) is 5.32 Å². The van der Waals surface area contributed by atoms with Crippen molar-refractivity contribution in [3.8, 4) is 0 Å². The van der Waals surface area contributed by atoms with Gasteiger partial charge in [0.25, 0.3) is 0 Å². The van der Waals surface area contributed by atoms with E-state index in [1.54, 1.807) is 6.07 Å². The number of nitrogens with one attached hydrogen (secondary N) is 1. The van der Waals surface area contributed by atoms with Crippen molar-refractivity contribution >= 4 is 15.9 Å². The highest BCUT2D eigenvalue weighted by atomic mass is 79.9. The van der Waals surface area contributed by atoms with E-state index in [9.17, 15) is 4.39 Å². The van der Waals surface area contributed by atoms with Crippen molar-refractivity contribution in [2.75, 3.05) is 6.54 Å². The molecular formula is C16H25BrFN. The van der Waals surface area contributed by atoms with Gasteiger partial charge in [0.1, 0.15) is 5.82 Å². The molecule has 1 rings (SSSR count). The second-order valence-corrected chi connectivity index (χ2v) is 5.93. The fourth-order valence-electron chi connectivity index (χ4n) is 2.36. The molecule has 0 amide bonds. The summed E-state index contributed by atoms with van der Waals surface area (Å²) in [5, 5.41) is 3.46. The summed E-state index contributed by atoms with van der Waals surface area (Å²) < 4.78 is 14.3. The first kappa shape index (κ1) is 16.6. The number of unbranched alkanes of at least 4 members (excludes halogenated alkanes) is 4. The van der Waals surface area contributed by atoms with Crippen LogP contribution in [0, 0.1) is 5.82 Å². The quantitative estimate of drug-likeness (QED) is 0.581. The van der Waals surface area contributed by atoms with Gasteiger partial charge in [-0.25, -0.2) is 4.39 Å². The van der Waals surface area contributed by atoms with Crippen LogP contribution in [0.3, 0.4) is 0 Å². The predicted molar refractivity (Wildman–Crippen MR) is 83.9 cm³/mol. The number of halogens is 2. The maximum absolute atomic E-state index is 13.5. The van der Waals surface area contributed by atoms with Crippen molar-refractivity contribution in [1.29, 1.82) is 0 Å². The average molecular weight is 330 g/mol. The summed E-state index contributed by atoms with van der Waals surface area (Å²) in [6, 6.07) is 5.43. The monoisotopic (exact) mass is 329 g/mol. The second-order valence-electron chi connectivity index (χ2n) is 5.02. The molecule has 108 valence electrons. The zero-order chi connectivity index (χ0) is 14.1. The van der Waals surface area contributed by atoms with Gasteiger partial charge in [0, 0.05) is 10.5 Å². The Balaban J connectivity index is 2.55. The van der Waals surface area contributed by atoms with Gasteiger partial charge in [-0.1, -0.05) is 61.9 Å². The molecule has 0 heterocycles. The molecule has 1 atom stereocenters. The lowest BCUT2D eigenvalue weighted by Crippen LogP contribution is -2.21. The minimum atomic E-state index is -0.168. The van der Waals surface area contributed by atoms with Crippen LogP contribution in [0.25, 0.3) is 0 Å². The highest BCUT2D eigenvalue weighted by Crippen LogP contribution is 2.24. The van der Waals surface area contributed by atoms with E-state index in [1.165, 1.54) is 38.2 Å². The van der Waals surface area contributed by atoms with Crippen molar-refractivity contribution < 1.29 is 4.39 Å². The molecule has 1 unspecified atom stereocenters. The fraction of sp³-hybridized carbons (Fsp3) is 0.625. The smallest absolute Gasteiger partial charge is 0.124 e. The summed E-state index contributed by atoms with van der Waals surface area (Å²) in [5.41, 5.74) is 1.05. The van der Waals surface area contributed by atoms with Crippen LogP contribution in [0.15, 0.2) is 22.7 Å². The largest absolute Gasteiger partial charge is 0.310 e. The van der Waals surface area contributed by atoms with Gasteiger partial charge < -0.3 is 5.32 Å². The fourth-order valence-corrected chi connectivity index (χ4v) is 2.84. The Morgan fingerprint density at radius 1 is 1.11 bits per heavy atom. The lowest BCUT2D eigenvalue weighted by molar-refractivity contribution is 0.476. The predicted octanol–water partition coefficient (Wildman–Crippen LogP) is 5.60. The molecule has 0 aromatic heterocycles. The zero-order valence-corrected chi connectivity index (χ0v) is 13.6. The normalized spacial score (nSPS) is 12.6. The molecule has 0 fully saturated rings. The van der Waals surface area contributed by atoms with Gasteiger partial charge in [-0.2, -0.15) is 0 Å². The summed E-state index contributed by atoms with van der Waals surface area (Å²) in [6.45, 7) is 5.23. The second kappa shape index (κ2) is 9.49. The highest BCUT2D eigenvalue weighted by Gasteiger charge is 2.11. The van der Waals surface area contributed by atoms with E-state index in [0.29, 0.717) is 0 Å². The maximum Gasteiger partial charge on any atom is 0.124 e. The number of hydrogen-bond donors (Lipinski definition) is 1. The molecule has 0 aliphatic rings. The van der Waals surface area contributed by atoms with E-state index < -0.39 is 0 Å². The topological polar surface area (TPSA) is 12.0 Å². The Hall–Kier alpha value is -0.410. The lowest BCUT2D eigenvalue weighted by atomic mass is 9.99. The SMILES string of the molecule is CCCCCCCC(NCC)c1cc(F)cc(Br)c1. The van der Waals surface area contributed by atoms with E-state index in [1.807, 2.05) is 6.07 Å². The summed E-state index contributed by atoms with van der Waals surface area (Å²) in [4.78, 5) is 0. The first-order valence-electron chi connectivity index (χ1n) is 7.36. The van der Waals surface area contributed by atoms with E-state index >= 15 is 0 Å². The van der Waals surface area contributed by atoms with Crippen molar-refractivity contribution in [3.05, 3.63) is 34.1 Å². The molecule has 0 bridgehead atoms. The van der Waals surface area contributed by atoms with Gasteiger partial charge in [-0.05, 0) is 36.7 Å². The Labute approximate surface area is 125 Å². The Morgan fingerprint density at radius 3 is 2.47 bits per heavy atom. The third-order valence-corrected chi connectivity index (χ3v) is 3.79. The van der Waals surface area contributed by atoms with E-state index in [0.717, 1.165) is 23.0 Å². The summed E-state index contributed by atoms with van der Waals surface area (Å²) in [6.07, 6.45) is 7.44. The first-order valence-corrected chi connectivity index (χ1v) is 8.16. The van der Waals surface area contributed by atoms with Gasteiger partial charge in [0.2, 0.25) is 0 Å². The third-order valence-electron chi connectivity index (χ3n) is 3.33. The lowest BCUT2D eigenvalue weighted by Gasteiger charge is -2.19. The first-order chi connectivity index (χ1) is 9.17. The van der Waals surface area contributed by atoms with Crippen LogP contribution in [0.1, 0.15) is 64.0 Å². The van der Waals surface area contributed by atoms with Crippen molar-refractivity contribution in [2.24, 2.45) is 0 Å². The van der Waals surface area contributed by atoms with Crippen LogP contribution in [0.5, 0.6) is 0 Å². The highest BCUT2D eigenvalue weighted by molar-refractivity contribution is 9.10.